The predicted octanol–water partition coefficient (Wildman–Crippen LogP) is 3.53. The molecule has 0 radical (unpaired) electrons. The molecule has 17 heteroatoms. The van der Waals surface area contributed by atoms with Gasteiger partial charge < -0.3 is 58.7 Å². The number of benzene rings is 4. The normalized spacial score (nSPS) is 12.9. The molecule has 0 atom stereocenters. The molecule has 2 aliphatic rings. The van der Waals surface area contributed by atoms with Gasteiger partial charge in [0.1, 0.15) is 0 Å². The Balaban J connectivity index is 0.000000161. The van der Waals surface area contributed by atoms with Crippen molar-refractivity contribution >= 4 is 71.1 Å². The van der Waals surface area contributed by atoms with Gasteiger partial charge in [-0.2, -0.15) is 0 Å². The number of rotatable bonds is 10. The topological polar surface area (TPSA) is 220 Å². The molecular weight excluding hydrogens is 813 g/mol. The molecule has 5 N–H and O–H groups in total. The second-order valence-corrected chi connectivity index (χ2v) is 15.4. The van der Waals surface area contributed by atoms with Crippen LogP contribution in [-0.2, 0) is 44.3 Å². The molecule has 17 nitrogen and oxygen atoms in total. The van der Waals surface area contributed by atoms with E-state index in [1.807, 2.05) is 25.2 Å². The SMILES string of the molecule is CC(=O)N(C)CCn1c(=O)c2cc(CO)c(CO)cc2c2cnc3cc4c(cc3c21)OCO4.CNCCn1c(=O)c2cc(CO)c(CO)cc2c2cnc3cc4c(cc3c21)OCO4. The highest BCUT2D eigenvalue weighted by Crippen LogP contribution is 2.40. The van der Waals surface area contributed by atoms with Crippen molar-refractivity contribution in [1.82, 2.24) is 29.3 Å². The average Bonchev–Trinajstić information content (AvgIpc) is 3.98. The molecule has 324 valence electrons. The molecule has 0 fully saturated rings. The Morgan fingerprint density at radius 1 is 0.603 bits per heavy atom. The minimum Gasteiger partial charge on any atom is -0.454 e. The van der Waals surface area contributed by atoms with Crippen molar-refractivity contribution in [2.24, 2.45) is 0 Å². The van der Waals surface area contributed by atoms with Crippen LogP contribution in [0.25, 0.3) is 65.2 Å². The summed E-state index contributed by atoms with van der Waals surface area (Å²) in [7, 11) is 3.52. The smallest absolute Gasteiger partial charge is 0.259 e. The average molecular weight is 857 g/mol. The zero-order valence-electron chi connectivity index (χ0n) is 34.7. The van der Waals surface area contributed by atoms with Crippen LogP contribution in [0.15, 0.2) is 70.5 Å². The van der Waals surface area contributed by atoms with Crippen molar-refractivity contribution in [3.63, 3.8) is 0 Å². The Labute approximate surface area is 357 Å². The van der Waals surface area contributed by atoms with E-state index >= 15 is 0 Å². The van der Waals surface area contributed by atoms with Gasteiger partial charge in [-0.1, -0.05) is 0 Å². The number of aliphatic hydroxyl groups excluding tert-OH is 4. The maximum atomic E-state index is 13.7. The number of aromatic nitrogens is 4. The highest BCUT2D eigenvalue weighted by molar-refractivity contribution is 6.16. The first-order chi connectivity index (χ1) is 30.6. The van der Waals surface area contributed by atoms with Crippen LogP contribution in [0.2, 0.25) is 0 Å². The van der Waals surface area contributed by atoms with Gasteiger partial charge in [-0.05, 0) is 76.5 Å². The number of hydrogen-bond acceptors (Lipinski definition) is 14. The summed E-state index contributed by atoms with van der Waals surface area (Å²) in [6.07, 6.45) is 3.45. The summed E-state index contributed by atoms with van der Waals surface area (Å²) in [6.45, 7) is 2.39. The van der Waals surface area contributed by atoms with Crippen LogP contribution in [0, 0.1) is 0 Å². The lowest BCUT2D eigenvalue weighted by Gasteiger charge is -2.19. The Morgan fingerprint density at radius 2 is 1.00 bits per heavy atom. The lowest BCUT2D eigenvalue weighted by Crippen LogP contribution is -2.31. The molecule has 0 aliphatic carbocycles. The first-order valence-corrected chi connectivity index (χ1v) is 20.3. The van der Waals surface area contributed by atoms with Gasteiger partial charge >= 0.3 is 0 Å². The summed E-state index contributed by atoms with van der Waals surface area (Å²) >= 11 is 0. The number of hydrogen-bond donors (Lipinski definition) is 5. The van der Waals surface area contributed by atoms with E-state index in [4.69, 9.17) is 18.9 Å². The van der Waals surface area contributed by atoms with E-state index in [1.54, 1.807) is 63.8 Å². The second kappa shape index (κ2) is 16.8. The monoisotopic (exact) mass is 856 g/mol. The van der Waals surface area contributed by atoms with Crippen LogP contribution in [0.4, 0.5) is 0 Å². The minimum atomic E-state index is -0.296. The lowest BCUT2D eigenvalue weighted by atomic mass is 9.98. The number of nitrogens with one attached hydrogen (secondary N) is 1. The van der Waals surface area contributed by atoms with Gasteiger partial charge in [0, 0.05) is 97.0 Å². The van der Waals surface area contributed by atoms with Crippen LogP contribution < -0.4 is 35.4 Å². The van der Waals surface area contributed by atoms with E-state index in [0.29, 0.717) is 103 Å². The van der Waals surface area contributed by atoms with E-state index in [9.17, 15) is 34.8 Å². The van der Waals surface area contributed by atoms with Gasteiger partial charge in [-0.3, -0.25) is 24.4 Å². The number of likely N-dealkylation sites (N-methyl/N-ethyl adjacent to an activating group) is 2. The Kier molecular flexibility index (Phi) is 11.0. The maximum absolute atomic E-state index is 13.7. The van der Waals surface area contributed by atoms with Gasteiger partial charge in [0.05, 0.1) is 48.5 Å². The fourth-order valence-electron chi connectivity index (χ4n) is 8.43. The molecule has 1 amide bonds. The quantitative estimate of drug-likeness (QED) is 0.124. The molecule has 0 saturated heterocycles. The molecular formula is C46H44N6O11. The molecule has 6 heterocycles. The molecule has 0 unspecified atom stereocenters. The van der Waals surface area contributed by atoms with Crippen molar-refractivity contribution in [3.8, 4) is 23.0 Å². The summed E-state index contributed by atoms with van der Waals surface area (Å²) in [5.41, 5.74) is 4.53. The van der Waals surface area contributed by atoms with Gasteiger partial charge in [0.15, 0.2) is 23.0 Å². The summed E-state index contributed by atoms with van der Waals surface area (Å²) in [4.78, 5) is 49.7. The molecule has 10 rings (SSSR count). The number of amides is 1. The fourth-order valence-corrected chi connectivity index (χ4v) is 8.43. The Bertz CT molecular complexity index is 3290. The predicted molar refractivity (Wildman–Crippen MR) is 235 cm³/mol. The lowest BCUT2D eigenvalue weighted by molar-refractivity contribution is -0.127. The van der Waals surface area contributed by atoms with Gasteiger partial charge in [0.2, 0.25) is 19.5 Å². The van der Waals surface area contributed by atoms with E-state index in [-0.39, 0.29) is 63.6 Å². The van der Waals surface area contributed by atoms with Crippen LogP contribution in [0.1, 0.15) is 29.2 Å². The van der Waals surface area contributed by atoms with Crippen LogP contribution in [0.3, 0.4) is 0 Å². The highest BCUT2D eigenvalue weighted by Gasteiger charge is 2.23. The number of ether oxygens (including phenoxy) is 4. The fraction of sp³-hybridized carbons (Fsp3) is 0.283. The second-order valence-electron chi connectivity index (χ2n) is 15.4. The number of aliphatic hydroxyl groups is 4. The van der Waals surface area contributed by atoms with Crippen molar-refractivity contribution in [2.75, 3.05) is 40.8 Å². The first kappa shape index (κ1) is 41.5. The van der Waals surface area contributed by atoms with E-state index in [2.05, 4.69) is 15.3 Å². The van der Waals surface area contributed by atoms with E-state index in [0.717, 1.165) is 27.1 Å². The Morgan fingerprint density at radius 3 is 1.40 bits per heavy atom. The van der Waals surface area contributed by atoms with Gasteiger partial charge in [-0.15, -0.1) is 0 Å². The van der Waals surface area contributed by atoms with Crippen LogP contribution >= 0.6 is 0 Å². The van der Waals surface area contributed by atoms with Crippen molar-refractivity contribution in [2.45, 2.75) is 46.4 Å². The number of carbonyl (C=O) groups excluding carboxylic acids is 1. The summed E-state index contributed by atoms with van der Waals surface area (Å²) in [5.74, 6) is 2.32. The standard InChI is InChI=1S/C24H23N3O6.C22H21N3O5/c1-13(30)26(2)3-4-27-23-18-7-21-22(33-12-32-21)8-20(18)25-9-19(23)16-5-14(10-28)15(11-29)6-17(16)24(27)31;1-23-2-3-25-21-16-6-19-20(30-11-29-19)7-18(16)24-8-17(21)14-4-12(9-26)13(10-27)5-15(14)22(25)28/h5-9,28-29H,3-4,10-12H2,1-2H3;4-8,23,26-27H,2-3,9-11H2,1H3. The largest absolute Gasteiger partial charge is 0.454 e. The Hall–Kier alpha value is -6.89. The molecule has 0 spiro atoms. The zero-order chi connectivity index (χ0) is 44.1. The molecule has 8 aromatic rings. The summed E-state index contributed by atoms with van der Waals surface area (Å²) < 4.78 is 25.4. The number of fused-ring (bicyclic) bond motifs is 12. The number of carbonyl (C=O) groups is 1. The van der Waals surface area contributed by atoms with Crippen molar-refractivity contribution < 1.29 is 44.2 Å². The van der Waals surface area contributed by atoms with Crippen LogP contribution in [0.5, 0.6) is 23.0 Å². The van der Waals surface area contributed by atoms with E-state index < -0.39 is 0 Å². The van der Waals surface area contributed by atoms with E-state index in [1.165, 1.54) is 6.92 Å². The molecule has 0 saturated carbocycles. The zero-order valence-corrected chi connectivity index (χ0v) is 34.7. The first-order valence-electron chi connectivity index (χ1n) is 20.3. The molecule has 4 aromatic heterocycles. The third-order valence-electron chi connectivity index (χ3n) is 11.9. The van der Waals surface area contributed by atoms with Gasteiger partial charge in [0.25, 0.3) is 11.1 Å². The molecule has 63 heavy (non-hydrogen) atoms. The summed E-state index contributed by atoms with van der Waals surface area (Å²) in [5, 5.41) is 47.4. The number of nitrogens with zero attached hydrogens (tertiary/aromatic N) is 5. The third-order valence-corrected chi connectivity index (χ3v) is 11.9. The minimum absolute atomic E-state index is 0.0989. The van der Waals surface area contributed by atoms with Crippen molar-refractivity contribution in [3.05, 3.63) is 104 Å². The number of pyridine rings is 4. The van der Waals surface area contributed by atoms with Crippen molar-refractivity contribution in [1.29, 1.82) is 0 Å². The maximum Gasteiger partial charge on any atom is 0.259 e. The molecule has 0 bridgehead atoms. The third kappa shape index (κ3) is 7.09. The molecule has 2 aliphatic heterocycles. The highest BCUT2D eigenvalue weighted by atomic mass is 16.7. The van der Waals surface area contributed by atoms with Crippen LogP contribution in [-0.4, -0.2) is 91.1 Å². The summed E-state index contributed by atoms with van der Waals surface area (Å²) in [6, 6.07) is 14.1. The molecule has 4 aromatic carbocycles. The van der Waals surface area contributed by atoms with Gasteiger partial charge in [-0.25, -0.2) is 0 Å².